The largest absolute Gasteiger partial charge is 0.299 e. The summed E-state index contributed by atoms with van der Waals surface area (Å²) in [6.07, 6.45) is 5.08. The van der Waals surface area contributed by atoms with Crippen LogP contribution in [0.1, 0.15) is 0 Å². The van der Waals surface area contributed by atoms with Gasteiger partial charge in [-0.3, -0.25) is 9.69 Å². The van der Waals surface area contributed by atoms with Crippen molar-refractivity contribution in [3.05, 3.63) is 22.9 Å². The zero-order valence-corrected chi connectivity index (χ0v) is 10.7. The highest BCUT2D eigenvalue weighted by Gasteiger charge is 2.32. The molecule has 0 spiro atoms. The van der Waals surface area contributed by atoms with Crippen LogP contribution < -0.4 is 0 Å². The predicted octanol–water partition coefficient (Wildman–Crippen LogP) is 1.86. The minimum atomic E-state index is -1.30. The molecule has 78 valence electrons. The second kappa shape index (κ2) is 3.83. The number of rotatable bonds is 3. The summed E-state index contributed by atoms with van der Waals surface area (Å²) in [7, 11) is 2.76. The highest BCUT2D eigenvalue weighted by Crippen LogP contribution is 2.29. The third-order valence-corrected chi connectivity index (χ3v) is 4.76. The van der Waals surface area contributed by atoms with E-state index in [1.54, 1.807) is 0 Å². The summed E-state index contributed by atoms with van der Waals surface area (Å²) in [5, 5.41) is 1.45. The molecule has 1 atom stereocenters. The Morgan fingerprint density at radius 3 is 2.21 bits per heavy atom. The maximum atomic E-state index is 10.9. The molecule has 0 aliphatic heterocycles. The molecule has 1 rings (SSSR count). The van der Waals surface area contributed by atoms with E-state index in [1.165, 1.54) is 5.20 Å². The quantitative estimate of drug-likeness (QED) is 0.522. The molecule has 0 saturated heterocycles. The number of hydrogen-bond donors (Lipinski definition) is 0. The summed E-state index contributed by atoms with van der Waals surface area (Å²) in [5.41, 5.74) is 0.896. The summed E-state index contributed by atoms with van der Waals surface area (Å²) >= 11 is 0. The number of nitrogens with zero attached hydrogens (tertiary/aromatic N) is 1. The van der Waals surface area contributed by atoms with Crippen molar-refractivity contribution in [2.24, 2.45) is 0 Å². The summed E-state index contributed by atoms with van der Waals surface area (Å²) in [6.45, 7) is 6.95. The fraction of sp³-hybridized carbons (Fsp3) is 0.545. The van der Waals surface area contributed by atoms with E-state index in [2.05, 4.69) is 30.6 Å². The predicted molar refractivity (Wildman–Crippen MR) is 63.1 cm³/mol. The van der Waals surface area contributed by atoms with Crippen molar-refractivity contribution in [3.63, 3.8) is 0 Å². The first-order valence-electron chi connectivity index (χ1n) is 4.92. The molecular formula is C11H19NOSi. The Morgan fingerprint density at radius 2 is 1.86 bits per heavy atom. The van der Waals surface area contributed by atoms with E-state index in [0.717, 1.165) is 11.9 Å². The molecule has 14 heavy (non-hydrogen) atoms. The van der Waals surface area contributed by atoms with Gasteiger partial charge in [-0.15, -0.1) is 0 Å². The number of allylic oxidation sites excluding steroid dienone is 2. The van der Waals surface area contributed by atoms with Gasteiger partial charge in [0.05, 0.1) is 14.1 Å². The van der Waals surface area contributed by atoms with E-state index in [0.29, 0.717) is 0 Å². The summed E-state index contributed by atoms with van der Waals surface area (Å²) in [6, 6.07) is 0.221. The third kappa shape index (κ3) is 2.04. The average molecular weight is 209 g/mol. The van der Waals surface area contributed by atoms with Crippen LogP contribution in [-0.2, 0) is 4.79 Å². The average Bonchev–Trinajstić information content (AvgIpc) is 2.45. The Balaban J connectivity index is 2.99. The van der Waals surface area contributed by atoms with Crippen LogP contribution in [0.2, 0.25) is 19.6 Å². The van der Waals surface area contributed by atoms with Gasteiger partial charge in [-0.05, 0) is 14.1 Å². The molecule has 1 aliphatic rings. The molecule has 0 saturated carbocycles. The Bertz CT molecular complexity index is 297. The molecule has 0 aromatic rings. The highest BCUT2D eigenvalue weighted by atomic mass is 28.3. The molecule has 0 bridgehead atoms. The lowest BCUT2D eigenvalue weighted by Gasteiger charge is -2.30. The van der Waals surface area contributed by atoms with Crippen LogP contribution >= 0.6 is 0 Å². The molecular weight excluding hydrogens is 190 g/mol. The van der Waals surface area contributed by atoms with Crippen molar-refractivity contribution in [1.29, 1.82) is 0 Å². The number of carbonyl (C=O) groups excluding carboxylic acids is 1. The van der Waals surface area contributed by atoms with E-state index in [4.69, 9.17) is 0 Å². The Morgan fingerprint density at radius 1 is 1.29 bits per heavy atom. The van der Waals surface area contributed by atoms with Crippen LogP contribution in [0.25, 0.3) is 0 Å². The van der Waals surface area contributed by atoms with E-state index >= 15 is 0 Å². The van der Waals surface area contributed by atoms with E-state index < -0.39 is 8.07 Å². The maximum absolute atomic E-state index is 10.9. The lowest BCUT2D eigenvalue weighted by Crippen LogP contribution is -2.40. The number of carbonyl (C=O) groups is 1. The summed E-state index contributed by atoms with van der Waals surface area (Å²) in [5.74, 6) is 0. The van der Waals surface area contributed by atoms with E-state index in [-0.39, 0.29) is 6.04 Å². The first kappa shape index (κ1) is 11.4. The monoisotopic (exact) mass is 209 g/mol. The van der Waals surface area contributed by atoms with Gasteiger partial charge in [0, 0.05) is 5.57 Å². The van der Waals surface area contributed by atoms with Gasteiger partial charge < -0.3 is 0 Å². The minimum absolute atomic E-state index is 0.221. The SMILES string of the molecule is CN(C)C1C(C=O)=CC=C1[Si](C)(C)C. The standard InChI is InChI=1S/C11H19NOSi/c1-12(2)11-9(8-13)6-7-10(11)14(3,4)5/h6-8,11H,1-5H3. The molecule has 0 N–H and O–H groups in total. The Kier molecular flexibility index (Phi) is 3.12. The zero-order valence-electron chi connectivity index (χ0n) is 9.66. The molecule has 0 aromatic carbocycles. The number of likely N-dealkylation sites (N-methyl/N-ethyl adjacent to an activating group) is 1. The molecule has 0 heterocycles. The highest BCUT2D eigenvalue weighted by molar-refractivity contribution is 6.83. The van der Waals surface area contributed by atoms with Crippen LogP contribution in [0, 0.1) is 0 Å². The third-order valence-electron chi connectivity index (χ3n) is 2.58. The minimum Gasteiger partial charge on any atom is -0.299 e. The van der Waals surface area contributed by atoms with Crippen LogP contribution in [-0.4, -0.2) is 39.4 Å². The first-order chi connectivity index (χ1) is 6.38. The van der Waals surface area contributed by atoms with Gasteiger partial charge in [-0.1, -0.05) is 37.0 Å². The fourth-order valence-corrected chi connectivity index (χ4v) is 3.72. The van der Waals surface area contributed by atoms with Crippen LogP contribution in [0.15, 0.2) is 22.9 Å². The Labute approximate surface area is 87.3 Å². The smallest absolute Gasteiger partial charge is 0.147 e. The zero-order chi connectivity index (χ0) is 10.9. The van der Waals surface area contributed by atoms with Crippen LogP contribution in [0.5, 0.6) is 0 Å². The van der Waals surface area contributed by atoms with Crippen molar-refractivity contribution in [2.45, 2.75) is 25.7 Å². The van der Waals surface area contributed by atoms with Gasteiger partial charge in [0.2, 0.25) is 0 Å². The first-order valence-corrected chi connectivity index (χ1v) is 8.42. The van der Waals surface area contributed by atoms with Crippen molar-refractivity contribution < 1.29 is 4.79 Å². The van der Waals surface area contributed by atoms with Gasteiger partial charge in [-0.2, -0.15) is 0 Å². The summed E-state index contributed by atoms with van der Waals surface area (Å²) < 4.78 is 0. The molecule has 0 amide bonds. The molecule has 1 unspecified atom stereocenters. The second-order valence-electron chi connectivity index (χ2n) is 5.02. The van der Waals surface area contributed by atoms with Crippen molar-refractivity contribution in [3.8, 4) is 0 Å². The van der Waals surface area contributed by atoms with Crippen LogP contribution in [0.3, 0.4) is 0 Å². The second-order valence-corrected chi connectivity index (χ2v) is 10.1. The number of aldehydes is 1. The number of hydrogen-bond acceptors (Lipinski definition) is 2. The Hall–Kier alpha value is -0.673. The normalized spacial score (nSPS) is 22.3. The molecule has 3 heteroatoms. The summed E-state index contributed by atoms with van der Waals surface area (Å²) in [4.78, 5) is 13.0. The van der Waals surface area contributed by atoms with Crippen molar-refractivity contribution in [2.75, 3.05) is 14.1 Å². The topological polar surface area (TPSA) is 20.3 Å². The lowest BCUT2D eigenvalue weighted by atomic mass is 10.1. The molecule has 1 aliphatic carbocycles. The van der Waals surface area contributed by atoms with Gasteiger partial charge in [0.25, 0.3) is 0 Å². The fourth-order valence-electron chi connectivity index (χ4n) is 1.89. The molecule has 0 radical (unpaired) electrons. The van der Waals surface area contributed by atoms with Gasteiger partial charge in [-0.25, -0.2) is 0 Å². The lowest BCUT2D eigenvalue weighted by molar-refractivity contribution is -0.105. The van der Waals surface area contributed by atoms with E-state index in [1.807, 2.05) is 20.2 Å². The van der Waals surface area contributed by atoms with E-state index in [9.17, 15) is 4.79 Å². The molecule has 0 fully saturated rings. The van der Waals surface area contributed by atoms with Gasteiger partial charge in [0.1, 0.15) is 6.29 Å². The van der Waals surface area contributed by atoms with Crippen LogP contribution in [0.4, 0.5) is 0 Å². The molecule has 0 aromatic heterocycles. The van der Waals surface area contributed by atoms with Gasteiger partial charge in [0.15, 0.2) is 0 Å². The van der Waals surface area contributed by atoms with Crippen molar-refractivity contribution in [1.82, 2.24) is 4.90 Å². The molecule has 2 nitrogen and oxygen atoms in total. The maximum Gasteiger partial charge on any atom is 0.147 e. The van der Waals surface area contributed by atoms with Crippen molar-refractivity contribution >= 4 is 14.4 Å². The van der Waals surface area contributed by atoms with Gasteiger partial charge >= 0.3 is 0 Å².